The molecule has 1 unspecified atom stereocenters. The normalized spacial score (nSPS) is 24.2. The fraction of sp³-hybridized carbons (Fsp3) is 0.500. The molecule has 0 fully saturated rings. The van der Waals surface area contributed by atoms with Gasteiger partial charge in [0, 0.05) is 0 Å². The van der Waals surface area contributed by atoms with Gasteiger partial charge in [-0.1, -0.05) is 6.08 Å². The summed E-state index contributed by atoms with van der Waals surface area (Å²) in [7, 11) is 0. The van der Waals surface area contributed by atoms with Crippen LogP contribution < -0.4 is 0 Å². The summed E-state index contributed by atoms with van der Waals surface area (Å²) in [6, 6.07) is 0. The second kappa shape index (κ2) is 3.42. The van der Waals surface area contributed by atoms with Crippen molar-refractivity contribution in [1.29, 1.82) is 0 Å². The van der Waals surface area contributed by atoms with Crippen LogP contribution in [0.3, 0.4) is 0 Å². The quantitative estimate of drug-likeness (QED) is 0.625. The Kier molecular flexibility index (Phi) is 2.51. The molecule has 1 N–H and O–H groups in total. The van der Waals surface area contributed by atoms with E-state index in [0.717, 1.165) is 5.76 Å². The first kappa shape index (κ1) is 7.35. The molecule has 2 heteroatoms. The van der Waals surface area contributed by atoms with E-state index in [-0.39, 0.29) is 6.10 Å². The summed E-state index contributed by atoms with van der Waals surface area (Å²) >= 11 is 0. The topological polar surface area (TPSA) is 29.5 Å². The molecular weight excluding hydrogens is 128 g/mol. The molecule has 2 nitrogen and oxygen atoms in total. The van der Waals surface area contributed by atoms with E-state index in [9.17, 15) is 0 Å². The zero-order valence-corrected chi connectivity index (χ0v) is 6.08. The minimum Gasteiger partial charge on any atom is -0.494 e. The third-order valence-electron chi connectivity index (χ3n) is 1.35. The van der Waals surface area contributed by atoms with Gasteiger partial charge in [-0.3, -0.25) is 0 Å². The molecule has 0 spiro atoms. The SMILES string of the molecule is CCOC1=CCC(O)C=C1. The maximum atomic E-state index is 9.01. The Morgan fingerprint density at radius 3 is 3.10 bits per heavy atom. The number of rotatable bonds is 2. The lowest BCUT2D eigenvalue weighted by Gasteiger charge is -2.10. The van der Waals surface area contributed by atoms with Gasteiger partial charge in [-0.15, -0.1) is 0 Å². The third-order valence-corrected chi connectivity index (χ3v) is 1.35. The molecule has 0 aliphatic heterocycles. The lowest BCUT2D eigenvalue weighted by atomic mass is 10.1. The van der Waals surface area contributed by atoms with E-state index in [0.29, 0.717) is 13.0 Å². The maximum absolute atomic E-state index is 9.01. The first-order valence-electron chi connectivity index (χ1n) is 3.52. The van der Waals surface area contributed by atoms with Crippen molar-refractivity contribution in [2.24, 2.45) is 0 Å². The molecule has 0 amide bonds. The molecule has 1 aliphatic carbocycles. The van der Waals surface area contributed by atoms with Crippen LogP contribution in [0.2, 0.25) is 0 Å². The molecule has 1 aliphatic rings. The molecule has 0 radical (unpaired) electrons. The van der Waals surface area contributed by atoms with Crippen LogP contribution >= 0.6 is 0 Å². The van der Waals surface area contributed by atoms with Crippen LogP contribution in [0.5, 0.6) is 0 Å². The van der Waals surface area contributed by atoms with Crippen LogP contribution in [0.4, 0.5) is 0 Å². The first-order chi connectivity index (χ1) is 4.83. The number of ether oxygens (including phenoxy) is 1. The van der Waals surface area contributed by atoms with E-state index in [1.807, 2.05) is 13.0 Å². The molecule has 0 saturated carbocycles. The standard InChI is InChI=1S/C8H12O2/c1-2-10-8-5-3-7(9)4-6-8/h3,5-7,9H,2,4H2,1H3. The molecule has 56 valence electrons. The Labute approximate surface area is 60.8 Å². The summed E-state index contributed by atoms with van der Waals surface area (Å²) in [6.45, 7) is 2.63. The van der Waals surface area contributed by atoms with Crippen molar-refractivity contribution in [3.63, 3.8) is 0 Å². The summed E-state index contributed by atoms with van der Waals surface area (Å²) < 4.78 is 5.19. The van der Waals surface area contributed by atoms with Crippen molar-refractivity contribution in [3.8, 4) is 0 Å². The number of aliphatic hydroxyl groups is 1. The van der Waals surface area contributed by atoms with Crippen molar-refractivity contribution >= 4 is 0 Å². The number of hydrogen-bond donors (Lipinski definition) is 1. The Morgan fingerprint density at radius 2 is 2.60 bits per heavy atom. The predicted molar refractivity (Wildman–Crippen MR) is 39.5 cm³/mol. The van der Waals surface area contributed by atoms with E-state index in [1.165, 1.54) is 0 Å². The van der Waals surface area contributed by atoms with E-state index in [2.05, 4.69) is 0 Å². The van der Waals surface area contributed by atoms with E-state index in [4.69, 9.17) is 9.84 Å². The van der Waals surface area contributed by atoms with Gasteiger partial charge in [0.25, 0.3) is 0 Å². The van der Waals surface area contributed by atoms with Gasteiger partial charge in [-0.2, -0.15) is 0 Å². The van der Waals surface area contributed by atoms with Crippen LogP contribution in [-0.2, 0) is 4.74 Å². The molecule has 1 atom stereocenters. The Balaban J connectivity index is 2.42. The van der Waals surface area contributed by atoms with Gasteiger partial charge in [-0.05, 0) is 25.5 Å². The van der Waals surface area contributed by atoms with Crippen molar-refractivity contribution in [3.05, 3.63) is 24.0 Å². The van der Waals surface area contributed by atoms with Gasteiger partial charge in [-0.25, -0.2) is 0 Å². The summed E-state index contributed by atoms with van der Waals surface area (Å²) in [6.07, 6.45) is 5.80. The smallest absolute Gasteiger partial charge is 0.115 e. The van der Waals surface area contributed by atoms with E-state index < -0.39 is 0 Å². The molecule has 0 saturated heterocycles. The molecule has 1 rings (SSSR count). The van der Waals surface area contributed by atoms with Crippen molar-refractivity contribution in [2.45, 2.75) is 19.4 Å². The zero-order chi connectivity index (χ0) is 7.40. The summed E-state index contributed by atoms with van der Waals surface area (Å²) in [5.41, 5.74) is 0. The van der Waals surface area contributed by atoms with Crippen molar-refractivity contribution < 1.29 is 9.84 Å². The van der Waals surface area contributed by atoms with Gasteiger partial charge in [0.15, 0.2) is 0 Å². The fourth-order valence-electron chi connectivity index (χ4n) is 0.863. The average Bonchev–Trinajstić information content (AvgIpc) is 1.95. The molecule has 0 heterocycles. The number of aliphatic hydroxyl groups excluding tert-OH is 1. The van der Waals surface area contributed by atoms with Gasteiger partial charge in [0.1, 0.15) is 5.76 Å². The van der Waals surface area contributed by atoms with Crippen LogP contribution in [-0.4, -0.2) is 17.8 Å². The predicted octanol–water partition coefficient (Wildman–Crippen LogP) is 1.23. The largest absolute Gasteiger partial charge is 0.494 e. The zero-order valence-electron chi connectivity index (χ0n) is 6.08. The highest BCUT2D eigenvalue weighted by Gasteiger charge is 2.03. The average molecular weight is 140 g/mol. The summed E-state index contributed by atoms with van der Waals surface area (Å²) in [4.78, 5) is 0. The van der Waals surface area contributed by atoms with E-state index in [1.54, 1.807) is 12.2 Å². The maximum Gasteiger partial charge on any atom is 0.115 e. The van der Waals surface area contributed by atoms with Gasteiger partial charge in [0.05, 0.1) is 12.7 Å². The lowest BCUT2D eigenvalue weighted by Crippen LogP contribution is -2.05. The van der Waals surface area contributed by atoms with Gasteiger partial charge >= 0.3 is 0 Å². The highest BCUT2D eigenvalue weighted by molar-refractivity contribution is 5.18. The van der Waals surface area contributed by atoms with Crippen molar-refractivity contribution in [2.75, 3.05) is 6.61 Å². The van der Waals surface area contributed by atoms with E-state index >= 15 is 0 Å². The van der Waals surface area contributed by atoms with Crippen LogP contribution in [0.15, 0.2) is 24.0 Å². The molecule has 0 aromatic carbocycles. The Hall–Kier alpha value is -0.760. The highest BCUT2D eigenvalue weighted by Crippen LogP contribution is 2.10. The highest BCUT2D eigenvalue weighted by atomic mass is 16.5. The second-order valence-electron chi connectivity index (χ2n) is 2.20. The Morgan fingerprint density at radius 1 is 1.80 bits per heavy atom. The molecule has 0 aromatic heterocycles. The van der Waals surface area contributed by atoms with Crippen LogP contribution in [0, 0.1) is 0 Å². The Bertz CT molecular complexity index is 159. The number of hydrogen-bond acceptors (Lipinski definition) is 2. The van der Waals surface area contributed by atoms with Gasteiger partial charge in [0.2, 0.25) is 0 Å². The third kappa shape index (κ3) is 1.88. The molecular formula is C8H12O2. The fourth-order valence-corrected chi connectivity index (χ4v) is 0.863. The summed E-state index contributed by atoms with van der Waals surface area (Å²) in [5, 5.41) is 9.01. The van der Waals surface area contributed by atoms with Crippen LogP contribution in [0.1, 0.15) is 13.3 Å². The molecule has 10 heavy (non-hydrogen) atoms. The lowest BCUT2D eigenvalue weighted by molar-refractivity contribution is 0.207. The minimum atomic E-state index is -0.316. The molecule has 0 bridgehead atoms. The number of allylic oxidation sites excluding steroid dienone is 1. The monoisotopic (exact) mass is 140 g/mol. The van der Waals surface area contributed by atoms with Crippen molar-refractivity contribution in [1.82, 2.24) is 0 Å². The van der Waals surface area contributed by atoms with Gasteiger partial charge < -0.3 is 9.84 Å². The van der Waals surface area contributed by atoms with Crippen LogP contribution in [0.25, 0.3) is 0 Å². The molecule has 0 aromatic rings. The first-order valence-corrected chi connectivity index (χ1v) is 3.52. The second-order valence-corrected chi connectivity index (χ2v) is 2.20. The summed E-state index contributed by atoms with van der Waals surface area (Å²) in [5.74, 6) is 0.868. The minimum absolute atomic E-state index is 0.316.